The average molecular weight is 499 g/mol. The number of carbonyl (C=O) groups is 2. The van der Waals surface area contributed by atoms with Gasteiger partial charge in [0.15, 0.2) is 0 Å². The number of carbonyl (C=O) groups excluding carboxylic acids is 1. The van der Waals surface area contributed by atoms with Crippen molar-refractivity contribution in [1.82, 2.24) is 0 Å². The fourth-order valence-electron chi connectivity index (χ4n) is 5.64. The molecule has 192 valence electrons. The van der Waals surface area contributed by atoms with Crippen LogP contribution in [0.15, 0.2) is 66.7 Å². The third kappa shape index (κ3) is 5.63. The Kier molecular flexibility index (Phi) is 7.45. The summed E-state index contributed by atoms with van der Waals surface area (Å²) in [5.41, 5.74) is 6.20. The van der Waals surface area contributed by atoms with Gasteiger partial charge in [-0.25, -0.2) is 4.79 Å². The molecule has 0 aromatic heterocycles. The molecule has 6 nitrogen and oxygen atoms in total. The second-order valence-corrected chi connectivity index (χ2v) is 10.1. The van der Waals surface area contributed by atoms with E-state index in [1.54, 1.807) is 4.90 Å². The predicted octanol–water partition coefficient (Wildman–Crippen LogP) is 7.10. The molecule has 6 heteroatoms. The fourth-order valence-corrected chi connectivity index (χ4v) is 5.64. The lowest BCUT2D eigenvalue weighted by Gasteiger charge is -2.30. The number of rotatable bonds is 6. The normalized spacial score (nSPS) is 19.0. The van der Waals surface area contributed by atoms with E-state index in [4.69, 9.17) is 9.84 Å². The Morgan fingerprint density at radius 2 is 1.70 bits per heavy atom. The first-order valence-electron chi connectivity index (χ1n) is 13.3. The molecule has 1 saturated carbocycles. The van der Waals surface area contributed by atoms with E-state index in [-0.39, 0.29) is 12.5 Å². The third-order valence-electron chi connectivity index (χ3n) is 7.73. The lowest BCUT2D eigenvalue weighted by molar-refractivity contribution is -0.138. The number of fused-ring (bicyclic) bond motifs is 1. The van der Waals surface area contributed by atoms with Gasteiger partial charge in [-0.2, -0.15) is 0 Å². The Labute approximate surface area is 218 Å². The van der Waals surface area contributed by atoms with Crippen LogP contribution in [0, 0.1) is 5.92 Å². The summed E-state index contributed by atoms with van der Waals surface area (Å²) in [6.45, 7) is 3.02. The number of nitrogens with one attached hydrogen (secondary N) is 1. The molecule has 0 atom stereocenters. The summed E-state index contributed by atoms with van der Waals surface area (Å²) in [6, 6.07) is 22.4. The summed E-state index contributed by atoms with van der Waals surface area (Å²) < 4.78 is 5.95. The summed E-state index contributed by atoms with van der Waals surface area (Å²) in [5.74, 6) is 0.832. The average Bonchev–Trinajstić information content (AvgIpc) is 2.93. The molecule has 3 aromatic carbocycles. The highest BCUT2D eigenvalue weighted by molar-refractivity contribution is 6.03. The van der Waals surface area contributed by atoms with Gasteiger partial charge >= 0.3 is 12.0 Å². The van der Waals surface area contributed by atoms with Crippen LogP contribution in [0.4, 0.5) is 16.2 Å². The molecule has 2 amide bonds. The summed E-state index contributed by atoms with van der Waals surface area (Å²) in [4.78, 5) is 25.9. The first-order chi connectivity index (χ1) is 18.0. The second kappa shape index (κ2) is 11.1. The molecular weight excluding hydrogens is 464 g/mol. The van der Waals surface area contributed by atoms with Crippen LogP contribution in [0.3, 0.4) is 0 Å². The number of aliphatic carboxylic acids is 1. The van der Waals surface area contributed by atoms with E-state index < -0.39 is 5.97 Å². The van der Waals surface area contributed by atoms with Crippen molar-refractivity contribution in [3.63, 3.8) is 0 Å². The van der Waals surface area contributed by atoms with Gasteiger partial charge in [0.2, 0.25) is 0 Å². The predicted molar refractivity (Wildman–Crippen MR) is 147 cm³/mol. The lowest BCUT2D eigenvalue weighted by Crippen LogP contribution is -2.40. The Morgan fingerprint density at radius 3 is 2.43 bits per heavy atom. The Morgan fingerprint density at radius 1 is 0.973 bits per heavy atom. The van der Waals surface area contributed by atoms with E-state index in [1.807, 2.05) is 42.5 Å². The SMILES string of the molecule is CCc1ccccc1NC(=O)N1CCOc2cc(-c3ccc(C4CCC(CC(=O)O)CC4)cc3)ccc21. The summed E-state index contributed by atoms with van der Waals surface area (Å²) in [7, 11) is 0. The number of ether oxygens (including phenoxy) is 1. The van der Waals surface area contributed by atoms with E-state index in [2.05, 4.69) is 36.5 Å². The number of nitrogens with zero attached hydrogens (tertiary/aromatic N) is 1. The molecule has 5 rings (SSSR count). The number of carboxylic acids is 1. The minimum Gasteiger partial charge on any atom is -0.490 e. The third-order valence-corrected chi connectivity index (χ3v) is 7.73. The first-order valence-corrected chi connectivity index (χ1v) is 13.3. The van der Waals surface area contributed by atoms with Crippen LogP contribution in [0.1, 0.15) is 56.1 Å². The molecule has 37 heavy (non-hydrogen) atoms. The number of anilines is 2. The van der Waals surface area contributed by atoms with Crippen molar-refractivity contribution in [3.8, 4) is 16.9 Å². The van der Waals surface area contributed by atoms with Crippen LogP contribution in [0.25, 0.3) is 11.1 Å². The number of aryl methyl sites for hydroxylation is 1. The monoisotopic (exact) mass is 498 g/mol. The zero-order valence-electron chi connectivity index (χ0n) is 21.3. The van der Waals surface area contributed by atoms with E-state index in [9.17, 15) is 9.59 Å². The van der Waals surface area contributed by atoms with E-state index in [1.165, 1.54) is 5.56 Å². The van der Waals surface area contributed by atoms with Crippen LogP contribution in [-0.2, 0) is 11.2 Å². The maximum absolute atomic E-state index is 13.1. The first kappa shape index (κ1) is 24.9. The molecule has 2 aliphatic rings. The topological polar surface area (TPSA) is 78.9 Å². The van der Waals surface area contributed by atoms with Crippen molar-refractivity contribution < 1.29 is 19.4 Å². The highest BCUT2D eigenvalue weighted by Crippen LogP contribution is 2.39. The largest absolute Gasteiger partial charge is 0.490 e. The summed E-state index contributed by atoms with van der Waals surface area (Å²) in [6.07, 6.45) is 5.20. The standard InChI is InChI=1S/C31H34N2O4/c1-2-22-5-3-4-6-27(22)32-31(36)33-17-18-37-29-20-26(15-16-28(29)33)25-13-11-24(12-14-25)23-9-7-21(8-10-23)19-30(34)35/h3-6,11-16,20-21,23H,2,7-10,17-19H2,1H3,(H,32,36)(H,34,35). The van der Waals surface area contributed by atoms with Crippen LogP contribution in [0.5, 0.6) is 5.75 Å². The molecule has 1 aliphatic heterocycles. The summed E-state index contributed by atoms with van der Waals surface area (Å²) >= 11 is 0. The van der Waals surface area contributed by atoms with Gasteiger partial charge in [-0.1, -0.05) is 55.5 Å². The highest BCUT2D eigenvalue weighted by Gasteiger charge is 2.26. The number of amides is 2. The van der Waals surface area contributed by atoms with E-state index >= 15 is 0 Å². The van der Waals surface area contributed by atoms with Gasteiger partial charge in [0, 0.05) is 12.1 Å². The Bertz CT molecular complexity index is 1260. The Hall–Kier alpha value is -3.80. The van der Waals surface area contributed by atoms with Gasteiger partial charge in [-0.15, -0.1) is 0 Å². The number of carboxylic acid groups (broad SMARTS) is 1. The zero-order chi connectivity index (χ0) is 25.8. The minimum atomic E-state index is -0.688. The minimum absolute atomic E-state index is 0.152. The van der Waals surface area contributed by atoms with Crippen LogP contribution in [-0.4, -0.2) is 30.3 Å². The fraction of sp³-hybridized carbons (Fsp3) is 0.355. The van der Waals surface area contributed by atoms with Crippen molar-refractivity contribution in [3.05, 3.63) is 77.9 Å². The Balaban J connectivity index is 1.27. The molecule has 1 heterocycles. The molecule has 0 spiro atoms. The molecule has 1 aliphatic carbocycles. The summed E-state index contributed by atoms with van der Waals surface area (Å²) in [5, 5.41) is 12.1. The van der Waals surface area contributed by atoms with E-state index in [0.717, 1.165) is 60.2 Å². The van der Waals surface area contributed by atoms with Crippen molar-refractivity contribution in [2.45, 2.75) is 51.4 Å². The maximum atomic E-state index is 13.1. The van der Waals surface area contributed by atoms with Gasteiger partial charge < -0.3 is 15.2 Å². The molecule has 1 fully saturated rings. The lowest BCUT2D eigenvalue weighted by atomic mass is 9.77. The molecular formula is C31H34N2O4. The van der Waals surface area contributed by atoms with Crippen molar-refractivity contribution in [2.75, 3.05) is 23.4 Å². The molecule has 0 saturated heterocycles. The number of hydrogen-bond donors (Lipinski definition) is 2. The maximum Gasteiger partial charge on any atom is 0.326 e. The van der Waals surface area contributed by atoms with Crippen LogP contribution in [0.2, 0.25) is 0 Å². The number of urea groups is 1. The molecule has 0 radical (unpaired) electrons. The molecule has 0 unspecified atom stereocenters. The van der Waals surface area contributed by atoms with Crippen molar-refractivity contribution in [1.29, 1.82) is 0 Å². The van der Waals surface area contributed by atoms with Gasteiger partial charge in [0.05, 0.1) is 12.2 Å². The zero-order valence-corrected chi connectivity index (χ0v) is 21.3. The van der Waals surface area contributed by atoms with Crippen LogP contribution >= 0.6 is 0 Å². The second-order valence-electron chi connectivity index (χ2n) is 10.1. The molecule has 2 N–H and O–H groups in total. The van der Waals surface area contributed by atoms with Gasteiger partial charge in [0.25, 0.3) is 0 Å². The van der Waals surface area contributed by atoms with Gasteiger partial charge in [0.1, 0.15) is 12.4 Å². The number of hydrogen-bond acceptors (Lipinski definition) is 3. The number of benzene rings is 3. The van der Waals surface area contributed by atoms with Gasteiger partial charge in [-0.3, -0.25) is 9.69 Å². The quantitative estimate of drug-likeness (QED) is 0.380. The number of para-hydroxylation sites is 1. The van der Waals surface area contributed by atoms with Crippen molar-refractivity contribution >= 4 is 23.4 Å². The van der Waals surface area contributed by atoms with Crippen molar-refractivity contribution in [2.24, 2.45) is 5.92 Å². The smallest absolute Gasteiger partial charge is 0.326 e. The highest BCUT2D eigenvalue weighted by atomic mass is 16.5. The molecule has 3 aromatic rings. The van der Waals surface area contributed by atoms with Crippen LogP contribution < -0.4 is 15.0 Å². The van der Waals surface area contributed by atoms with Gasteiger partial charge in [-0.05, 0) is 84.4 Å². The van der Waals surface area contributed by atoms with E-state index in [0.29, 0.717) is 30.7 Å². The molecule has 0 bridgehead atoms.